The molecule has 0 aliphatic carbocycles. The molecule has 236 valence electrons. The first-order chi connectivity index (χ1) is 22.2. The van der Waals surface area contributed by atoms with Gasteiger partial charge < -0.3 is 20.1 Å². The van der Waals surface area contributed by atoms with E-state index in [0.717, 1.165) is 39.1 Å². The lowest BCUT2D eigenvalue weighted by Gasteiger charge is -2.59. The number of carbonyl (C=O) groups excluding carboxylic acids is 1. The molecule has 1 unspecified atom stereocenters. The van der Waals surface area contributed by atoms with Gasteiger partial charge in [0.25, 0.3) is 5.91 Å². The maximum atomic E-state index is 15.6. The van der Waals surface area contributed by atoms with Crippen LogP contribution < -0.4 is 10.5 Å². The van der Waals surface area contributed by atoms with E-state index in [1.807, 2.05) is 32.0 Å². The van der Waals surface area contributed by atoms with Crippen molar-refractivity contribution in [3.05, 3.63) is 72.3 Å². The van der Waals surface area contributed by atoms with Crippen LogP contribution in [0.15, 0.2) is 66.5 Å². The van der Waals surface area contributed by atoms with Crippen LogP contribution in [0.2, 0.25) is 0 Å². The van der Waals surface area contributed by atoms with Crippen LogP contribution in [0.25, 0.3) is 22.3 Å². The zero-order valence-electron chi connectivity index (χ0n) is 25.8. The number of benzene rings is 2. The highest BCUT2D eigenvalue weighted by molar-refractivity contribution is 5.99. The topological polar surface area (TPSA) is 135 Å². The van der Waals surface area contributed by atoms with Crippen LogP contribution in [0.5, 0.6) is 11.5 Å². The van der Waals surface area contributed by atoms with Crippen LogP contribution in [-0.4, -0.2) is 79.9 Å². The van der Waals surface area contributed by atoms with Gasteiger partial charge in [-0.3, -0.25) is 9.69 Å². The minimum Gasteiger partial charge on any atom is -0.457 e. The quantitative estimate of drug-likeness (QED) is 0.222. The van der Waals surface area contributed by atoms with Gasteiger partial charge in [0.2, 0.25) is 0 Å². The second-order valence-electron chi connectivity index (χ2n) is 13.0. The molecule has 0 radical (unpaired) electrons. The zero-order valence-corrected chi connectivity index (χ0v) is 25.8. The zero-order chi connectivity index (χ0) is 32.1. The number of likely N-dealkylation sites (tertiary alicyclic amines) is 2. The fourth-order valence-electron chi connectivity index (χ4n) is 6.70. The van der Waals surface area contributed by atoms with E-state index in [2.05, 4.69) is 20.9 Å². The predicted molar refractivity (Wildman–Crippen MR) is 169 cm³/mol. The standard InChI is InChI=1S/C34H35FN8O3/c1-33(2,41-17-34(18-41)19-45-20-34)14-22(15-36)32(44)42-12-6-7-23(42)16-43-31-28(30(37)38-21-39-31)29(40-43)26-11-10-25(13-27(26)35)46-24-8-4-3-5-9-24/h3-5,8-11,13-14,21,23H,6-7,12,16-20H2,1-2H3,(H2,37,38,39). The summed E-state index contributed by atoms with van der Waals surface area (Å²) in [5.41, 5.74) is 7.15. The number of halogens is 1. The van der Waals surface area contributed by atoms with Gasteiger partial charge in [0.05, 0.1) is 31.2 Å². The molecule has 4 aromatic rings. The molecule has 0 saturated carbocycles. The molecule has 12 heteroatoms. The van der Waals surface area contributed by atoms with Crippen LogP contribution in [-0.2, 0) is 16.1 Å². The average molecular weight is 623 g/mol. The lowest BCUT2D eigenvalue weighted by molar-refractivity contribution is -0.204. The van der Waals surface area contributed by atoms with Gasteiger partial charge >= 0.3 is 0 Å². The van der Waals surface area contributed by atoms with Gasteiger partial charge in [0, 0.05) is 42.2 Å². The monoisotopic (exact) mass is 622 g/mol. The highest BCUT2D eigenvalue weighted by Gasteiger charge is 2.52. The molecule has 3 saturated heterocycles. The number of nitrogen functional groups attached to an aromatic ring is 1. The minimum absolute atomic E-state index is 0.125. The van der Waals surface area contributed by atoms with Crippen LogP contribution in [0.4, 0.5) is 10.2 Å². The third-order valence-corrected chi connectivity index (χ3v) is 9.29. The van der Waals surface area contributed by atoms with Gasteiger partial charge in [-0.1, -0.05) is 18.2 Å². The minimum atomic E-state index is -0.537. The molecule has 5 heterocycles. The Balaban J connectivity index is 1.14. The number of carbonyl (C=O) groups is 1. The molecule has 0 bridgehead atoms. The Morgan fingerprint density at radius 3 is 2.67 bits per heavy atom. The Labute approximate surface area is 266 Å². The number of nitriles is 1. The number of fused-ring (bicyclic) bond motifs is 1. The second kappa shape index (κ2) is 11.5. The molecular weight excluding hydrogens is 587 g/mol. The van der Waals surface area contributed by atoms with Crippen LogP contribution in [0, 0.1) is 22.6 Å². The molecule has 1 spiro atoms. The lowest BCUT2D eigenvalue weighted by Crippen LogP contribution is -2.70. The summed E-state index contributed by atoms with van der Waals surface area (Å²) in [5, 5.41) is 15.3. The number of anilines is 1. The smallest absolute Gasteiger partial charge is 0.264 e. The number of aromatic nitrogens is 4. The van der Waals surface area contributed by atoms with Crippen LogP contribution in [0.1, 0.15) is 26.7 Å². The molecule has 2 aromatic heterocycles. The SMILES string of the molecule is CC(C)(C=C(C#N)C(=O)N1CCCC1Cn1nc(-c2ccc(Oc3ccccc3)cc2F)c2c(N)ncnc21)N1CC2(COC2)C1. The van der Waals surface area contributed by atoms with E-state index >= 15 is 4.39 Å². The van der Waals surface area contributed by atoms with Crippen molar-refractivity contribution < 1.29 is 18.7 Å². The number of ether oxygens (including phenoxy) is 2. The summed E-state index contributed by atoms with van der Waals surface area (Å²) in [4.78, 5) is 26.4. The molecule has 3 aliphatic rings. The Bertz CT molecular complexity index is 1870. The summed E-state index contributed by atoms with van der Waals surface area (Å²) < 4.78 is 28.4. The molecule has 11 nitrogen and oxygen atoms in total. The molecule has 7 rings (SSSR count). The number of hydrogen-bond donors (Lipinski definition) is 1. The maximum absolute atomic E-state index is 15.6. The van der Waals surface area contributed by atoms with Crippen molar-refractivity contribution in [1.82, 2.24) is 29.5 Å². The first-order valence-corrected chi connectivity index (χ1v) is 15.4. The molecular formula is C34H35FN8O3. The third kappa shape index (κ3) is 5.35. The number of rotatable bonds is 8. The molecule has 2 aromatic carbocycles. The predicted octanol–water partition coefficient (Wildman–Crippen LogP) is 4.56. The van der Waals surface area contributed by atoms with Crippen molar-refractivity contribution in [2.45, 2.75) is 44.8 Å². The van der Waals surface area contributed by atoms with E-state index in [1.54, 1.807) is 39.9 Å². The Kier molecular flexibility index (Phi) is 7.45. The largest absolute Gasteiger partial charge is 0.457 e. The van der Waals surface area contributed by atoms with Crippen molar-refractivity contribution in [3.8, 4) is 28.8 Å². The summed E-state index contributed by atoms with van der Waals surface area (Å²) in [5.74, 6) is 0.272. The summed E-state index contributed by atoms with van der Waals surface area (Å²) in [6.45, 7) is 8.20. The summed E-state index contributed by atoms with van der Waals surface area (Å²) in [7, 11) is 0. The molecule has 1 atom stereocenters. The normalized spacial score (nSPS) is 19.6. The molecule has 3 fully saturated rings. The van der Waals surface area contributed by atoms with Crippen molar-refractivity contribution in [1.29, 1.82) is 5.26 Å². The van der Waals surface area contributed by atoms with Crippen LogP contribution >= 0.6 is 0 Å². The average Bonchev–Trinajstić information content (AvgIpc) is 3.60. The highest BCUT2D eigenvalue weighted by Crippen LogP contribution is 2.42. The van der Waals surface area contributed by atoms with Gasteiger partial charge in [0.1, 0.15) is 46.8 Å². The number of hydrogen-bond acceptors (Lipinski definition) is 9. The van der Waals surface area contributed by atoms with Gasteiger partial charge in [-0.2, -0.15) is 10.4 Å². The van der Waals surface area contributed by atoms with Gasteiger partial charge in [0.15, 0.2) is 5.65 Å². The molecule has 2 N–H and O–H groups in total. The number of nitrogens with two attached hydrogens (primary N) is 1. The van der Waals surface area contributed by atoms with E-state index < -0.39 is 11.4 Å². The van der Waals surface area contributed by atoms with E-state index in [-0.39, 0.29) is 34.3 Å². The van der Waals surface area contributed by atoms with E-state index in [0.29, 0.717) is 41.3 Å². The number of amides is 1. The van der Waals surface area contributed by atoms with Crippen molar-refractivity contribution in [3.63, 3.8) is 0 Å². The van der Waals surface area contributed by atoms with E-state index in [4.69, 9.17) is 20.3 Å². The molecule has 1 amide bonds. The number of para-hydroxylation sites is 1. The fraction of sp³-hybridized carbons (Fsp3) is 0.382. The first kappa shape index (κ1) is 29.8. The van der Waals surface area contributed by atoms with Crippen molar-refractivity contribution >= 4 is 22.8 Å². The molecule has 3 aliphatic heterocycles. The van der Waals surface area contributed by atoms with Crippen molar-refractivity contribution in [2.24, 2.45) is 5.41 Å². The van der Waals surface area contributed by atoms with Gasteiger partial charge in [-0.25, -0.2) is 19.0 Å². The summed E-state index contributed by atoms with van der Waals surface area (Å²) >= 11 is 0. The fourth-order valence-corrected chi connectivity index (χ4v) is 6.70. The van der Waals surface area contributed by atoms with Crippen LogP contribution in [0.3, 0.4) is 0 Å². The lowest BCUT2D eigenvalue weighted by atomic mass is 9.75. The Morgan fingerprint density at radius 1 is 1.20 bits per heavy atom. The Hall–Kier alpha value is -4.86. The second-order valence-corrected chi connectivity index (χ2v) is 13.0. The van der Waals surface area contributed by atoms with Gasteiger partial charge in [-0.05, 0) is 57.0 Å². The van der Waals surface area contributed by atoms with E-state index in [9.17, 15) is 10.1 Å². The molecule has 46 heavy (non-hydrogen) atoms. The summed E-state index contributed by atoms with van der Waals surface area (Å²) in [6, 6.07) is 15.6. The Morgan fingerprint density at radius 2 is 1.98 bits per heavy atom. The van der Waals surface area contributed by atoms with Crippen molar-refractivity contribution in [2.75, 3.05) is 38.6 Å². The summed E-state index contributed by atoms with van der Waals surface area (Å²) in [6.07, 6.45) is 4.65. The highest BCUT2D eigenvalue weighted by atomic mass is 19.1. The third-order valence-electron chi connectivity index (χ3n) is 9.29. The number of nitrogens with zero attached hydrogens (tertiary/aromatic N) is 7. The first-order valence-electron chi connectivity index (χ1n) is 15.4. The van der Waals surface area contributed by atoms with E-state index in [1.165, 1.54) is 12.4 Å². The maximum Gasteiger partial charge on any atom is 0.264 e. The van der Waals surface area contributed by atoms with Gasteiger partial charge in [-0.15, -0.1) is 0 Å².